The molecule has 11 heteroatoms. The van der Waals surface area contributed by atoms with Crippen LogP contribution in [0.1, 0.15) is 74.9 Å². The number of carbonyl (C=O) groups is 5. The van der Waals surface area contributed by atoms with Crippen LogP contribution < -0.4 is 0 Å². The Morgan fingerprint density at radius 1 is 0.471 bits per heavy atom. The van der Waals surface area contributed by atoms with Gasteiger partial charge >= 0.3 is 20.1 Å². The average molecular weight is 1260 g/mol. The molecule has 7 rings (SSSR count). The third kappa shape index (κ3) is 22.9. The van der Waals surface area contributed by atoms with Crippen LogP contribution in [-0.2, 0) is 108 Å². The van der Waals surface area contributed by atoms with Crippen molar-refractivity contribution in [3.05, 3.63) is 198 Å². The van der Waals surface area contributed by atoms with Crippen LogP contribution in [0, 0.1) is 18.2 Å². The fourth-order valence-corrected chi connectivity index (χ4v) is 6.02. The smallest absolute Gasteiger partial charge is 0.542 e. The summed E-state index contributed by atoms with van der Waals surface area (Å²) in [5.74, 6) is -1.52. The second-order valence-corrected chi connectivity index (χ2v) is 14.8. The minimum Gasteiger partial charge on any atom is -0.542 e. The van der Waals surface area contributed by atoms with Crippen molar-refractivity contribution >= 4 is 35.7 Å². The van der Waals surface area contributed by atoms with E-state index in [1.807, 2.05) is 73.2 Å². The van der Waals surface area contributed by atoms with Gasteiger partial charge in [-0.2, -0.15) is 6.92 Å². The third-order valence-corrected chi connectivity index (χ3v) is 9.66. The number of aromatic nitrogens is 3. The molecule has 0 saturated heterocycles. The number of Topliss-reactive ketones (excluding diaryl/α,β-unsaturated/α-hetero) is 4. The van der Waals surface area contributed by atoms with Gasteiger partial charge in [0.05, 0.1) is 0 Å². The van der Waals surface area contributed by atoms with Crippen molar-refractivity contribution in [3.63, 3.8) is 0 Å². The van der Waals surface area contributed by atoms with Crippen molar-refractivity contribution in [3.8, 4) is 33.8 Å². The zero-order valence-electron chi connectivity index (χ0n) is 39.1. The topological polar surface area (TPSA) is 141 Å². The molecule has 3 heterocycles. The largest absolute Gasteiger partial charge is 3.00 e. The van der Waals surface area contributed by atoms with Gasteiger partial charge < -0.3 is 24.5 Å². The van der Waals surface area contributed by atoms with E-state index in [1.165, 1.54) is 81.2 Å². The number of rotatable bonds is 14. The van der Waals surface area contributed by atoms with Gasteiger partial charge in [-0.3, -0.25) is 25.5 Å². The first-order chi connectivity index (χ1) is 31.9. The minimum absolute atomic E-state index is 0. The molecule has 1 radical (unpaired) electrons. The summed E-state index contributed by atoms with van der Waals surface area (Å²) < 4.78 is 0. The fourth-order valence-electron chi connectivity index (χ4n) is 6.02. The molecule has 3 aromatic heterocycles. The maximum absolute atomic E-state index is 9.79. The van der Waals surface area contributed by atoms with E-state index in [9.17, 15) is 19.2 Å². The van der Waals surface area contributed by atoms with Crippen LogP contribution in [0.2, 0.25) is 0 Å². The van der Waals surface area contributed by atoms with Crippen molar-refractivity contribution in [2.75, 3.05) is 0 Å². The van der Waals surface area contributed by atoms with Gasteiger partial charge in [0.2, 0.25) is 0 Å². The van der Waals surface area contributed by atoms with Gasteiger partial charge in [-0.1, -0.05) is 73.9 Å². The Kier molecular flexibility index (Phi) is 29.8. The van der Waals surface area contributed by atoms with Crippen LogP contribution in [-0.4, -0.2) is 50.7 Å². The summed E-state index contributed by atoms with van der Waals surface area (Å²) >= 11 is 0. The summed E-state index contributed by atoms with van der Waals surface area (Å²) in [5, 5.41) is 0. The van der Waals surface area contributed by atoms with E-state index in [2.05, 4.69) is 106 Å². The molecular formula is C57H55Ir2N3O6-. The summed E-state index contributed by atoms with van der Waals surface area (Å²) in [5.41, 5.74) is 13.9. The maximum atomic E-state index is 9.79. The Labute approximate surface area is 428 Å². The molecule has 68 heavy (non-hydrogen) atoms. The summed E-state index contributed by atoms with van der Waals surface area (Å²) in [4.78, 5) is 70.1. The first kappa shape index (κ1) is 59.7. The van der Waals surface area contributed by atoms with Gasteiger partial charge in [0.1, 0.15) is 6.29 Å². The van der Waals surface area contributed by atoms with Crippen LogP contribution in [0.25, 0.3) is 33.8 Å². The molecule has 7 aromatic rings. The Bertz CT molecular complexity index is 2270. The summed E-state index contributed by atoms with van der Waals surface area (Å²) in [6.07, 6.45) is 13.6. The van der Waals surface area contributed by atoms with Crippen molar-refractivity contribution in [1.29, 1.82) is 0 Å². The van der Waals surface area contributed by atoms with Crippen LogP contribution in [0.15, 0.2) is 146 Å². The normalized spacial score (nSPS) is 9.50. The quantitative estimate of drug-likeness (QED) is 0.0591. The second kappa shape index (κ2) is 34.0. The minimum atomic E-state index is -0.380. The van der Waals surface area contributed by atoms with Crippen molar-refractivity contribution in [2.45, 2.75) is 80.1 Å². The average Bonchev–Trinajstić information content (AvgIpc) is 3.34. The first-order valence-electron chi connectivity index (χ1n) is 21.5. The van der Waals surface area contributed by atoms with Gasteiger partial charge in [-0.05, 0) is 78.2 Å². The number of hydrogen-bond acceptors (Lipinski definition) is 9. The van der Waals surface area contributed by atoms with Crippen LogP contribution in [0.5, 0.6) is 0 Å². The Morgan fingerprint density at radius 3 is 0.882 bits per heavy atom. The monoisotopic (exact) mass is 1260 g/mol. The van der Waals surface area contributed by atoms with E-state index < -0.39 is 0 Å². The van der Waals surface area contributed by atoms with Crippen molar-refractivity contribution < 1.29 is 69.0 Å². The zero-order valence-corrected chi connectivity index (χ0v) is 43.9. The number of pyridine rings is 3. The van der Waals surface area contributed by atoms with E-state index in [0.717, 1.165) is 78.6 Å². The molecule has 0 saturated carbocycles. The van der Waals surface area contributed by atoms with Gasteiger partial charge in [0.25, 0.3) is 0 Å². The number of hydrogen-bond donors (Lipinski definition) is 0. The maximum Gasteiger partial charge on any atom is 3.00 e. The molecule has 0 aliphatic heterocycles. The Balaban J connectivity index is 0.000000994. The molecule has 0 aliphatic carbocycles. The van der Waals surface area contributed by atoms with E-state index in [1.54, 1.807) is 0 Å². The molecule has 0 amide bonds. The number of carbonyl (C=O) groups excluding carboxylic acids is 6. The Morgan fingerprint density at radius 2 is 0.706 bits per heavy atom. The van der Waals surface area contributed by atoms with Crippen LogP contribution >= 0.6 is 0 Å². The van der Waals surface area contributed by atoms with E-state index in [4.69, 9.17) is 9.59 Å². The second-order valence-electron chi connectivity index (χ2n) is 14.8. The molecule has 353 valence electrons. The number of aldehydes is 1. The molecular weight excluding hydrogens is 1210 g/mol. The summed E-state index contributed by atoms with van der Waals surface area (Å²) in [7, 11) is 0. The SMILES string of the molecule is CC(=O)C(C)=O.CC(=O)C(C)=O.CC=O.C[C-]=O.[Ir+3].[Ir].[c-]1cc(CCc2cc(CCc3c[c-]c(-c4ccccn4)cc3)cc(CCc3c[c-]c(-c4ccccn4)cc3)c2)ccc1-c1ccccn1. The molecule has 0 aliphatic rings. The van der Waals surface area contributed by atoms with E-state index >= 15 is 0 Å². The van der Waals surface area contributed by atoms with Crippen molar-refractivity contribution in [2.24, 2.45) is 0 Å². The van der Waals surface area contributed by atoms with Crippen molar-refractivity contribution in [1.82, 2.24) is 15.0 Å². The van der Waals surface area contributed by atoms with Gasteiger partial charge in [0, 0.05) is 66.4 Å². The molecule has 0 spiro atoms. The van der Waals surface area contributed by atoms with E-state index in [0.29, 0.717) is 0 Å². The van der Waals surface area contributed by atoms with E-state index in [-0.39, 0.29) is 63.3 Å². The standard InChI is InChI=1S/C45H36N3.2C4H6O2.C2H4O.C2H3O.2Ir/c1-4-28-46-43(7-1)40-22-16-34(17-23-40)10-13-37-31-38(14-11-35-18-24-41(25-19-35)44-8-2-5-29-47-44)33-39(32-37)15-12-36-20-26-42(27-21-36)45-9-3-6-30-48-45;2*1-3(5)4(2)6;2*1-2-3;;/h1-9,16-22,24,26,28-33H,10-15H2;2*1-2H3;2H,1H3;1H3;;/q-3;;;;-1;;+3. The number of nitrogens with zero attached hydrogens (tertiary/aromatic N) is 3. The molecule has 4 aromatic carbocycles. The summed E-state index contributed by atoms with van der Waals surface area (Å²) in [6.45, 7) is 7.77. The Hall–Kier alpha value is -6.35. The first-order valence-corrected chi connectivity index (χ1v) is 21.5. The van der Waals surface area contributed by atoms with Gasteiger partial charge in [-0.15, -0.1) is 106 Å². The van der Waals surface area contributed by atoms with Gasteiger partial charge in [-0.25, -0.2) is 0 Å². The van der Waals surface area contributed by atoms with Crippen LogP contribution in [0.3, 0.4) is 0 Å². The number of ketones is 4. The number of benzene rings is 4. The molecule has 0 unspecified atom stereocenters. The predicted octanol–water partition coefficient (Wildman–Crippen LogP) is 10.3. The fraction of sp³-hybridized carbons (Fsp3) is 0.211. The molecule has 9 nitrogen and oxygen atoms in total. The molecule has 0 fully saturated rings. The molecule has 0 atom stereocenters. The van der Waals surface area contributed by atoms with Gasteiger partial charge in [0.15, 0.2) is 23.1 Å². The number of aryl methyl sites for hydroxylation is 6. The predicted molar refractivity (Wildman–Crippen MR) is 260 cm³/mol. The molecule has 0 bridgehead atoms. The zero-order chi connectivity index (χ0) is 48.1. The van der Waals surface area contributed by atoms with Crippen LogP contribution in [0.4, 0.5) is 0 Å². The third-order valence-electron chi connectivity index (χ3n) is 9.66. The summed E-state index contributed by atoms with van der Waals surface area (Å²) in [6, 6.07) is 54.8. The molecule has 0 N–H and O–H groups in total.